The lowest BCUT2D eigenvalue weighted by atomic mass is 10.1. The summed E-state index contributed by atoms with van der Waals surface area (Å²) in [6.45, 7) is 4.41. The Balaban J connectivity index is 3.34. The van der Waals surface area contributed by atoms with E-state index in [0.29, 0.717) is 0 Å². The average Bonchev–Trinajstić information content (AvgIpc) is 2.10. The van der Waals surface area contributed by atoms with Gasteiger partial charge in [0.1, 0.15) is 0 Å². The largest absolute Gasteiger partial charge is 0.298 e. The molecule has 0 radical (unpaired) electrons. The lowest BCUT2D eigenvalue weighted by Crippen LogP contribution is -2.32. The molecule has 0 amide bonds. The molecule has 0 fully saturated rings. The smallest absolute Gasteiger partial charge is 0.251 e. The molecule has 1 heterocycles. The van der Waals surface area contributed by atoms with Crippen molar-refractivity contribution in [3.8, 4) is 0 Å². The van der Waals surface area contributed by atoms with Gasteiger partial charge >= 0.3 is 0 Å². The molecule has 0 aromatic carbocycles. The van der Waals surface area contributed by atoms with Gasteiger partial charge in [0, 0.05) is 12.3 Å². The zero-order valence-electron chi connectivity index (χ0n) is 8.98. The molecule has 0 saturated carbocycles. The summed E-state index contributed by atoms with van der Waals surface area (Å²) in [4.78, 5) is 34.0. The highest BCUT2D eigenvalue weighted by Gasteiger charge is 2.21. The quantitative estimate of drug-likeness (QED) is 0.691. The van der Waals surface area contributed by atoms with Crippen LogP contribution in [0.3, 0.4) is 0 Å². The Bertz CT molecular complexity index is 445. The van der Waals surface area contributed by atoms with Crippen molar-refractivity contribution in [2.45, 2.75) is 26.8 Å². The molecule has 0 aliphatic rings. The van der Waals surface area contributed by atoms with Gasteiger partial charge in [-0.2, -0.15) is 0 Å². The average molecular weight is 207 g/mol. The van der Waals surface area contributed by atoms with E-state index in [0.717, 1.165) is 5.56 Å². The molecule has 1 aromatic rings. The van der Waals surface area contributed by atoms with E-state index in [1.54, 1.807) is 13.0 Å². The molecular weight excluding hydrogens is 194 g/mol. The van der Waals surface area contributed by atoms with E-state index in [-0.39, 0.29) is 17.1 Å². The van der Waals surface area contributed by atoms with E-state index in [9.17, 15) is 14.4 Å². The molecule has 1 aromatic heterocycles. The molecular formula is C11H13NO3. The first kappa shape index (κ1) is 11.4. The van der Waals surface area contributed by atoms with Gasteiger partial charge < -0.3 is 0 Å². The number of hydrogen-bond donors (Lipinski definition) is 0. The number of rotatable bonds is 3. The summed E-state index contributed by atoms with van der Waals surface area (Å²) >= 11 is 0. The Morgan fingerprint density at radius 1 is 1.20 bits per heavy atom. The number of hydrogen-bond acceptors (Lipinski definition) is 3. The van der Waals surface area contributed by atoms with Gasteiger partial charge in [0.25, 0.3) is 5.56 Å². The van der Waals surface area contributed by atoms with Crippen LogP contribution in [-0.4, -0.2) is 16.1 Å². The van der Waals surface area contributed by atoms with E-state index in [1.165, 1.54) is 30.7 Å². The van der Waals surface area contributed by atoms with Crippen molar-refractivity contribution in [3.63, 3.8) is 0 Å². The van der Waals surface area contributed by atoms with Crippen molar-refractivity contribution in [2.75, 3.05) is 0 Å². The van der Waals surface area contributed by atoms with Crippen molar-refractivity contribution >= 4 is 11.6 Å². The summed E-state index contributed by atoms with van der Waals surface area (Å²) in [6.07, 6.45) is 1.52. The second-order valence-corrected chi connectivity index (χ2v) is 3.58. The molecule has 0 bridgehead atoms. The molecule has 0 aliphatic carbocycles. The molecule has 0 unspecified atom stereocenters. The van der Waals surface area contributed by atoms with E-state index < -0.39 is 6.04 Å². The fourth-order valence-corrected chi connectivity index (χ4v) is 1.49. The zero-order chi connectivity index (χ0) is 11.6. The minimum absolute atomic E-state index is 0.324. The fraction of sp³-hybridized carbons (Fsp3) is 0.364. The third-order valence-electron chi connectivity index (χ3n) is 2.13. The van der Waals surface area contributed by atoms with Crippen molar-refractivity contribution < 1.29 is 9.59 Å². The molecule has 1 rings (SSSR count). The SMILES string of the molecule is CC(=O)C(C(C)=O)n1cc(C)ccc1=O. The monoisotopic (exact) mass is 207 g/mol. The molecule has 80 valence electrons. The Labute approximate surface area is 87.5 Å². The molecule has 0 atom stereocenters. The number of carbonyl (C=O) groups is 2. The molecule has 0 spiro atoms. The molecule has 0 saturated heterocycles. The molecule has 0 aliphatic heterocycles. The zero-order valence-corrected chi connectivity index (χ0v) is 8.98. The predicted octanol–water partition coefficient (Wildman–Crippen LogP) is 0.876. The topological polar surface area (TPSA) is 56.1 Å². The highest BCUT2D eigenvalue weighted by atomic mass is 16.2. The number of aryl methyl sites for hydroxylation is 1. The van der Waals surface area contributed by atoms with Gasteiger partial charge in [-0.05, 0) is 26.3 Å². The lowest BCUT2D eigenvalue weighted by molar-refractivity contribution is -0.129. The Hall–Kier alpha value is -1.71. The maximum atomic E-state index is 11.5. The first-order valence-corrected chi connectivity index (χ1v) is 4.63. The predicted molar refractivity (Wildman–Crippen MR) is 55.8 cm³/mol. The molecule has 15 heavy (non-hydrogen) atoms. The fourth-order valence-electron chi connectivity index (χ4n) is 1.49. The van der Waals surface area contributed by atoms with Gasteiger partial charge in [0.15, 0.2) is 17.6 Å². The highest BCUT2D eigenvalue weighted by molar-refractivity contribution is 6.02. The van der Waals surface area contributed by atoms with Gasteiger partial charge in [0.05, 0.1) is 0 Å². The summed E-state index contributed by atoms with van der Waals surface area (Å²) in [5, 5.41) is 0. The maximum Gasteiger partial charge on any atom is 0.251 e. The van der Waals surface area contributed by atoms with Crippen LogP contribution in [0.1, 0.15) is 25.5 Å². The Morgan fingerprint density at radius 2 is 1.73 bits per heavy atom. The first-order valence-electron chi connectivity index (χ1n) is 4.63. The Kier molecular flexibility index (Phi) is 3.19. The number of ketones is 2. The minimum Gasteiger partial charge on any atom is -0.298 e. The van der Waals surface area contributed by atoms with Gasteiger partial charge in [-0.25, -0.2) is 0 Å². The van der Waals surface area contributed by atoms with Crippen LogP contribution in [0, 0.1) is 6.92 Å². The first-order chi connectivity index (χ1) is 6.93. The third-order valence-corrected chi connectivity index (χ3v) is 2.13. The number of pyridine rings is 1. The van der Waals surface area contributed by atoms with Crippen LogP contribution in [0.15, 0.2) is 23.1 Å². The summed E-state index contributed by atoms with van der Waals surface area (Å²) in [5.41, 5.74) is 0.498. The second kappa shape index (κ2) is 4.21. The van der Waals surface area contributed by atoms with Crippen molar-refractivity contribution in [2.24, 2.45) is 0 Å². The van der Waals surface area contributed by atoms with Gasteiger partial charge in [-0.3, -0.25) is 19.0 Å². The van der Waals surface area contributed by atoms with E-state index in [4.69, 9.17) is 0 Å². The minimum atomic E-state index is -0.989. The van der Waals surface area contributed by atoms with Crippen LogP contribution in [0.2, 0.25) is 0 Å². The van der Waals surface area contributed by atoms with Crippen LogP contribution in [0.4, 0.5) is 0 Å². The van der Waals surface area contributed by atoms with Crippen LogP contribution in [0.25, 0.3) is 0 Å². The standard InChI is InChI=1S/C11H13NO3/c1-7-4-5-10(15)12(6-7)11(8(2)13)9(3)14/h4-6,11H,1-3H3. The van der Waals surface area contributed by atoms with Gasteiger partial charge in [-0.15, -0.1) is 0 Å². The van der Waals surface area contributed by atoms with Crippen LogP contribution in [0.5, 0.6) is 0 Å². The van der Waals surface area contributed by atoms with Crippen molar-refractivity contribution in [1.82, 2.24) is 4.57 Å². The molecule has 4 nitrogen and oxygen atoms in total. The van der Waals surface area contributed by atoms with E-state index in [2.05, 4.69) is 0 Å². The summed E-state index contributed by atoms with van der Waals surface area (Å²) in [7, 11) is 0. The van der Waals surface area contributed by atoms with Crippen LogP contribution in [-0.2, 0) is 9.59 Å². The molecule has 4 heteroatoms. The number of Topliss-reactive ketones (excluding diaryl/α,β-unsaturated/α-hetero) is 2. The van der Waals surface area contributed by atoms with Crippen LogP contribution >= 0.6 is 0 Å². The Morgan fingerprint density at radius 3 is 2.20 bits per heavy atom. The number of aromatic nitrogens is 1. The van der Waals surface area contributed by atoms with E-state index >= 15 is 0 Å². The van der Waals surface area contributed by atoms with Crippen molar-refractivity contribution in [3.05, 3.63) is 34.2 Å². The third kappa shape index (κ3) is 2.40. The van der Waals surface area contributed by atoms with Gasteiger partial charge in [-0.1, -0.05) is 6.07 Å². The summed E-state index contributed by atoms with van der Waals surface area (Å²) in [6, 6.07) is 2.02. The highest BCUT2D eigenvalue weighted by Crippen LogP contribution is 2.07. The van der Waals surface area contributed by atoms with Crippen molar-refractivity contribution in [1.29, 1.82) is 0 Å². The number of carbonyl (C=O) groups excluding carboxylic acids is 2. The normalized spacial score (nSPS) is 10.4. The lowest BCUT2D eigenvalue weighted by Gasteiger charge is -2.14. The summed E-state index contributed by atoms with van der Waals surface area (Å²) < 4.78 is 1.18. The maximum absolute atomic E-state index is 11.5. The molecule has 0 N–H and O–H groups in total. The number of nitrogens with zero attached hydrogens (tertiary/aromatic N) is 1. The second-order valence-electron chi connectivity index (χ2n) is 3.58. The van der Waals surface area contributed by atoms with Gasteiger partial charge in [0.2, 0.25) is 0 Å². The summed E-state index contributed by atoms with van der Waals surface area (Å²) in [5.74, 6) is -0.648. The van der Waals surface area contributed by atoms with Crippen LogP contribution < -0.4 is 5.56 Å². The van der Waals surface area contributed by atoms with E-state index in [1.807, 2.05) is 0 Å².